The van der Waals surface area contributed by atoms with Crippen LogP contribution < -0.4 is 5.73 Å². The molecule has 2 atom stereocenters. The molecule has 6 heteroatoms. The van der Waals surface area contributed by atoms with E-state index in [-0.39, 0.29) is 23.7 Å². The van der Waals surface area contributed by atoms with Crippen molar-refractivity contribution in [1.29, 1.82) is 0 Å². The summed E-state index contributed by atoms with van der Waals surface area (Å²) in [5, 5.41) is 10.7. The second-order valence-electron chi connectivity index (χ2n) is 5.93. The lowest BCUT2D eigenvalue weighted by atomic mass is 10.00. The summed E-state index contributed by atoms with van der Waals surface area (Å²) in [6.07, 6.45) is 1.25. The summed E-state index contributed by atoms with van der Waals surface area (Å²) in [7, 11) is 0. The van der Waals surface area contributed by atoms with Crippen LogP contribution in [-0.2, 0) is 4.79 Å². The largest absolute Gasteiger partial charge is 0.334 e. The molecule has 0 aliphatic carbocycles. The highest BCUT2D eigenvalue weighted by Crippen LogP contribution is 2.33. The highest BCUT2D eigenvalue weighted by atomic mass is 16.6. The number of nitrogens with two attached hydrogens (primary N) is 1. The molecule has 0 bridgehead atoms. The van der Waals surface area contributed by atoms with Crippen molar-refractivity contribution in [1.82, 2.24) is 4.90 Å². The van der Waals surface area contributed by atoms with E-state index in [1.54, 1.807) is 12.1 Å². The van der Waals surface area contributed by atoms with Crippen molar-refractivity contribution >= 4 is 11.6 Å². The third kappa shape index (κ3) is 3.39. The van der Waals surface area contributed by atoms with Gasteiger partial charge in [0.1, 0.15) is 0 Å². The van der Waals surface area contributed by atoms with Crippen molar-refractivity contribution in [2.75, 3.05) is 6.54 Å². The average Bonchev–Trinajstić information content (AvgIpc) is 2.70. The molecule has 1 aromatic rings. The van der Waals surface area contributed by atoms with Crippen molar-refractivity contribution in [3.63, 3.8) is 0 Å². The van der Waals surface area contributed by atoms with Gasteiger partial charge in [0.15, 0.2) is 0 Å². The number of carbonyl (C=O) groups excluding carboxylic acids is 1. The van der Waals surface area contributed by atoms with Crippen molar-refractivity contribution in [3.8, 4) is 0 Å². The van der Waals surface area contributed by atoms with Gasteiger partial charge in [-0.3, -0.25) is 14.9 Å². The number of nitrogens with zero attached hydrogens (tertiary/aromatic N) is 2. The highest BCUT2D eigenvalue weighted by molar-refractivity contribution is 5.80. The lowest BCUT2D eigenvalue weighted by molar-refractivity contribution is -0.384. The van der Waals surface area contributed by atoms with Crippen molar-refractivity contribution in [3.05, 3.63) is 39.9 Å². The Labute approximate surface area is 124 Å². The Bertz CT molecular complexity index is 527. The number of nitro benzene ring substituents is 1. The normalized spacial score (nSPS) is 22.1. The zero-order chi connectivity index (χ0) is 15.6. The quantitative estimate of drug-likeness (QED) is 0.665. The summed E-state index contributed by atoms with van der Waals surface area (Å²) < 4.78 is 0. The van der Waals surface area contributed by atoms with Crippen LogP contribution in [0.2, 0.25) is 0 Å². The molecule has 1 fully saturated rings. The summed E-state index contributed by atoms with van der Waals surface area (Å²) in [6, 6.07) is 5.88. The van der Waals surface area contributed by atoms with E-state index in [0.29, 0.717) is 18.9 Å². The van der Waals surface area contributed by atoms with Gasteiger partial charge >= 0.3 is 0 Å². The molecule has 1 amide bonds. The van der Waals surface area contributed by atoms with E-state index in [2.05, 4.69) is 13.8 Å². The number of hydrogen-bond acceptors (Lipinski definition) is 4. The van der Waals surface area contributed by atoms with E-state index in [0.717, 1.165) is 12.0 Å². The van der Waals surface area contributed by atoms with E-state index < -0.39 is 4.92 Å². The molecular formula is C15H21N3O3. The van der Waals surface area contributed by atoms with E-state index in [4.69, 9.17) is 5.73 Å². The Balaban J connectivity index is 2.21. The minimum atomic E-state index is -0.431. The van der Waals surface area contributed by atoms with Crippen LogP contribution in [0.1, 0.15) is 38.3 Å². The number of nitro groups is 1. The lowest BCUT2D eigenvalue weighted by Gasteiger charge is -2.28. The fourth-order valence-corrected chi connectivity index (χ4v) is 2.70. The van der Waals surface area contributed by atoms with Crippen LogP contribution in [0.3, 0.4) is 0 Å². The molecule has 6 nitrogen and oxygen atoms in total. The molecular weight excluding hydrogens is 270 g/mol. The second-order valence-corrected chi connectivity index (χ2v) is 5.93. The summed E-state index contributed by atoms with van der Waals surface area (Å²) in [5.74, 6) is 0.568. The number of rotatable bonds is 5. The second kappa shape index (κ2) is 6.22. The van der Waals surface area contributed by atoms with Crippen LogP contribution in [0.5, 0.6) is 0 Å². The molecule has 2 N–H and O–H groups in total. The summed E-state index contributed by atoms with van der Waals surface area (Å²) in [4.78, 5) is 24.2. The standard InChI is InChI=1S/C15H21N3O3/c1-10(2)7-8-17-14(19)9-13(16)15(17)11-3-5-12(6-4-11)18(20)21/h3-6,10,13,15H,7-9,16H2,1-2H3. The first kappa shape index (κ1) is 15.4. The van der Waals surface area contributed by atoms with Crippen LogP contribution in [0.25, 0.3) is 0 Å². The van der Waals surface area contributed by atoms with Crippen LogP contribution in [0.4, 0.5) is 5.69 Å². The number of amides is 1. The van der Waals surface area contributed by atoms with Gasteiger partial charge in [-0.2, -0.15) is 0 Å². The van der Waals surface area contributed by atoms with Gasteiger partial charge in [0.25, 0.3) is 5.69 Å². The Morgan fingerprint density at radius 3 is 2.52 bits per heavy atom. The highest BCUT2D eigenvalue weighted by Gasteiger charge is 2.38. The molecule has 1 aliphatic rings. The van der Waals surface area contributed by atoms with E-state index in [1.165, 1.54) is 12.1 Å². The van der Waals surface area contributed by atoms with Gasteiger partial charge < -0.3 is 10.6 Å². The summed E-state index contributed by atoms with van der Waals surface area (Å²) in [6.45, 7) is 4.90. The fraction of sp³-hybridized carbons (Fsp3) is 0.533. The third-order valence-corrected chi connectivity index (χ3v) is 3.86. The maximum atomic E-state index is 12.1. The van der Waals surface area contributed by atoms with Gasteiger partial charge in [-0.1, -0.05) is 26.0 Å². The third-order valence-electron chi connectivity index (χ3n) is 3.86. The zero-order valence-corrected chi connectivity index (χ0v) is 12.4. The first-order valence-electron chi connectivity index (χ1n) is 7.19. The Morgan fingerprint density at radius 2 is 2.00 bits per heavy atom. The number of likely N-dealkylation sites (tertiary alicyclic amines) is 1. The van der Waals surface area contributed by atoms with Crippen molar-refractivity contribution in [2.45, 2.75) is 38.8 Å². The molecule has 21 heavy (non-hydrogen) atoms. The van der Waals surface area contributed by atoms with E-state index in [1.807, 2.05) is 4.90 Å². The lowest BCUT2D eigenvalue weighted by Crippen LogP contribution is -2.34. The van der Waals surface area contributed by atoms with Crippen LogP contribution in [0.15, 0.2) is 24.3 Å². The van der Waals surface area contributed by atoms with Gasteiger partial charge in [-0.05, 0) is 17.9 Å². The molecule has 1 aliphatic heterocycles. The molecule has 2 unspecified atom stereocenters. The Morgan fingerprint density at radius 1 is 1.38 bits per heavy atom. The molecule has 1 aromatic carbocycles. The van der Waals surface area contributed by atoms with Crippen molar-refractivity contribution < 1.29 is 9.72 Å². The fourth-order valence-electron chi connectivity index (χ4n) is 2.70. The molecule has 0 saturated carbocycles. The van der Waals surface area contributed by atoms with Crippen molar-refractivity contribution in [2.24, 2.45) is 11.7 Å². The maximum Gasteiger partial charge on any atom is 0.269 e. The predicted molar refractivity (Wildman–Crippen MR) is 79.6 cm³/mol. The molecule has 0 aromatic heterocycles. The first-order chi connectivity index (χ1) is 9.90. The minimum Gasteiger partial charge on any atom is -0.334 e. The molecule has 1 saturated heterocycles. The Hall–Kier alpha value is -1.95. The number of carbonyl (C=O) groups is 1. The van der Waals surface area contributed by atoms with Gasteiger partial charge in [0.2, 0.25) is 5.91 Å². The van der Waals surface area contributed by atoms with Crippen LogP contribution >= 0.6 is 0 Å². The molecule has 2 rings (SSSR count). The first-order valence-corrected chi connectivity index (χ1v) is 7.19. The molecule has 114 valence electrons. The van der Waals surface area contributed by atoms with Gasteiger partial charge in [-0.15, -0.1) is 0 Å². The average molecular weight is 291 g/mol. The number of benzene rings is 1. The monoisotopic (exact) mass is 291 g/mol. The number of hydrogen-bond donors (Lipinski definition) is 1. The zero-order valence-electron chi connectivity index (χ0n) is 12.4. The maximum absolute atomic E-state index is 12.1. The van der Waals surface area contributed by atoms with E-state index >= 15 is 0 Å². The summed E-state index contributed by atoms with van der Waals surface area (Å²) >= 11 is 0. The molecule has 0 spiro atoms. The predicted octanol–water partition coefficient (Wildman–Crippen LogP) is 2.24. The summed E-state index contributed by atoms with van der Waals surface area (Å²) in [5.41, 5.74) is 7.01. The van der Waals surface area contributed by atoms with Crippen LogP contribution in [-0.4, -0.2) is 28.3 Å². The number of non-ortho nitro benzene ring substituents is 1. The smallest absolute Gasteiger partial charge is 0.269 e. The topological polar surface area (TPSA) is 89.5 Å². The SMILES string of the molecule is CC(C)CCN1C(=O)CC(N)C1c1ccc([N+](=O)[O-])cc1. The minimum absolute atomic E-state index is 0.0466. The van der Waals surface area contributed by atoms with Gasteiger partial charge in [0.05, 0.1) is 11.0 Å². The van der Waals surface area contributed by atoms with Crippen LogP contribution in [0, 0.1) is 16.0 Å². The van der Waals surface area contributed by atoms with Gasteiger partial charge in [0, 0.05) is 31.1 Å². The molecule has 0 radical (unpaired) electrons. The molecule has 1 heterocycles. The van der Waals surface area contributed by atoms with Gasteiger partial charge in [-0.25, -0.2) is 0 Å². The van der Waals surface area contributed by atoms with E-state index in [9.17, 15) is 14.9 Å². The Kier molecular flexibility index (Phi) is 4.57.